The SMILES string of the molecule is C#CCCCCC.CC12CCC(CC1=O)C2(C)C. The number of unbranched alkanes of at least 4 members (excludes halogenated alkanes) is 3. The Labute approximate surface area is 113 Å². The molecule has 0 aromatic heterocycles. The number of terminal acetylenes is 1. The number of hydrogen-bond acceptors (Lipinski definition) is 1. The Bertz CT molecular complexity index is 334. The highest BCUT2D eigenvalue weighted by molar-refractivity contribution is 5.89. The highest BCUT2D eigenvalue weighted by Gasteiger charge is 2.61. The molecule has 0 radical (unpaired) electrons. The molecule has 0 heterocycles. The molecule has 0 spiro atoms. The van der Waals surface area contributed by atoms with Crippen molar-refractivity contribution in [1.82, 2.24) is 0 Å². The molecule has 2 aliphatic carbocycles. The van der Waals surface area contributed by atoms with E-state index in [4.69, 9.17) is 6.42 Å². The lowest BCUT2D eigenvalue weighted by atomic mass is 9.70. The van der Waals surface area contributed by atoms with Crippen LogP contribution in [0.25, 0.3) is 0 Å². The summed E-state index contributed by atoms with van der Waals surface area (Å²) >= 11 is 0. The van der Waals surface area contributed by atoms with Gasteiger partial charge in [0.05, 0.1) is 0 Å². The van der Waals surface area contributed by atoms with Crippen LogP contribution in [0.15, 0.2) is 0 Å². The molecular formula is C17H28O. The minimum absolute atomic E-state index is 0.0255. The average molecular weight is 248 g/mol. The molecule has 18 heavy (non-hydrogen) atoms. The van der Waals surface area contributed by atoms with Crippen LogP contribution in [0, 0.1) is 29.1 Å². The summed E-state index contributed by atoms with van der Waals surface area (Å²) in [6.07, 6.45) is 13.0. The van der Waals surface area contributed by atoms with E-state index < -0.39 is 0 Å². The largest absolute Gasteiger partial charge is 0.299 e. The van der Waals surface area contributed by atoms with E-state index in [1.54, 1.807) is 0 Å². The molecule has 0 amide bonds. The Hall–Kier alpha value is -0.770. The second-order valence-corrected chi connectivity index (χ2v) is 6.58. The minimum Gasteiger partial charge on any atom is -0.299 e. The first-order valence-corrected chi connectivity index (χ1v) is 7.37. The van der Waals surface area contributed by atoms with Crippen LogP contribution in [0.2, 0.25) is 0 Å². The normalized spacial score (nSPS) is 31.7. The molecule has 2 bridgehead atoms. The van der Waals surface area contributed by atoms with Gasteiger partial charge < -0.3 is 0 Å². The van der Waals surface area contributed by atoms with E-state index in [1.807, 2.05) is 0 Å². The third-order valence-corrected chi connectivity index (χ3v) is 5.41. The maximum Gasteiger partial charge on any atom is 0.139 e. The Morgan fingerprint density at radius 3 is 2.28 bits per heavy atom. The molecule has 0 aromatic rings. The predicted octanol–water partition coefficient (Wildman–Crippen LogP) is 4.60. The molecule has 2 unspecified atom stereocenters. The van der Waals surface area contributed by atoms with Gasteiger partial charge in [-0.1, -0.05) is 40.5 Å². The number of carbonyl (C=O) groups is 1. The van der Waals surface area contributed by atoms with E-state index in [1.165, 1.54) is 25.7 Å². The minimum atomic E-state index is 0.0255. The Morgan fingerprint density at radius 2 is 2.00 bits per heavy atom. The van der Waals surface area contributed by atoms with Crippen LogP contribution in [0.4, 0.5) is 0 Å². The number of ketones is 1. The van der Waals surface area contributed by atoms with Gasteiger partial charge in [0.15, 0.2) is 0 Å². The molecule has 0 saturated heterocycles. The van der Waals surface area contributed by atoms with Crippen LogP contribution >= 0.6 is 0 Å². The zero-order chi connectivity index (χ0) is 13.8. The van der Waals surface area contributed by atoms with E-state index in [2.05, 4.69) is 33.6 Å². The summed E-state index contributed by atoms with van der Waals surface area (Å²) < 4.78 is 0. The molecule has 0 aliphatic heterocycles. The molecule has 0 N–H and O–H groups in total. The zero-order valence-corrected chi connectivity index (χ0v) is 12.5. The van der Waals surface area contributed by atoms with Crippen molar-refractivity contribution >= 4 is 5.78 Å². The Morgan fingerprint density at radius 1 is 1.33 bits per heavy atom. The van der Waals surface area contributed by atoms with Crippen LogP contribution in [-0.4, -0.2) is 5.78 Å². The summed E-state index contributed by atoms with van der Waals surface area (Å²) in [6.45, 7) is 8.85. The fourth-order valence-corrected chi connectivity index (χ4v) is 3.38. The van der Waals surface area contributed by atoms with E-state index in [9.17, 15) is 4.79 Å². The van der Waals surface area contributed by atoms with Crippen molar-refractivity contribution in [2.75, 3.05) is 0 Å². The van der Waals surface area contributed by atoms with Crippen LogP contribution in [0.5, 0.6) is 0 Å². The highest BCUT2D eigenvalue weighted by Crippen LogP contribution is 2.63. The lowest BCUT2D eigenvalue weighted by molar-refractivity contribution is -0.128. The summed E-state index contributed by atoms with van der Waals surface area (Å²) in [5, 5.41) is 0. The van der Waals surface area contributed by atoms with Gasteiger partial charge in [-0.15, -0.1) is 12.3 Å². The van der Waals surface area contributed by atoms with Gasteiger partial charge in [-0.05, 0) is 30.6 Å². The smallest absolute Gasteiger partial charge is 0.139 e. The van der Waals surface area contributed by atoms with Crippen molar-refractivity contribution in [3.63, 3.8) is 0 Å². The van der Waals surface area contributed by atoms with Gasteiger partial charge in [0, 0.05) is 18.3 Å². The maximum absolute atomic E-state index is 11.6. The van der Waals surface area contributed by atoms with Gasteiger partial charge in [0.2, 0.25) is 0 Å². The molecule has 102 valence electrons. The number of carbonyl (C=O) groups excluding carboxylic acids is 1. The predicted molar refractivity (Wildman–Crippen MR) is 77.2 cm³/mol. The lowest BCUT2D eigenvalue weighted by Gasteiger charge is -2.32. The molecule has 1 nitrogen and oxygen atoms in total. The number of rotatable bonds is 3. The summed E-state index contributed by atoms with van der Waals surface area (Å²) in [7, 11) is 0. The van der Waals surface area contributed by atoms with Crippen LogP contribution < -0.4 is 0 Å². The summed E-state index contributed by atoms with van der Waals surface area (Å²) in [6, 6.07) is 0. The van der Waals surface area contributed by atoms with Gasteiger partial charge in [-0.3, -0.25) is 4.79 Å². The third-order valence-electron chi connectivity index (χ3n) is 5.41. The van der Waals surface area contributed by atoms with Gasteiger partial charge in [-0.2, -0.15) is 0 Å². The van der Waals surface area contributed by atoms with Crippen molar-refractivity contribution in [2.45, 2.75) is 72.6 Å². The highest BCUT2D eigenvalue weighted by atomic mass is 16.1. The summed E-state index contributed by atoms with van der Waals surface area (Å²) in [5.41, 5.74) is 0.307. The second-order valence-electron chi connectivity index (χ2n) is 6.58. The van der Waals surface area contributed by atoms with Crippen LogP contribution in [-0.2, 0) is 4.79 Å². The zero-order valence-electron chi connectivity index (χ0n) is 12.5. The molecule has 0 aromatic carbocycles. The topological polar surface area (TPSA) is 17.1 Å². The van der Waals surface area contributed by atoms with E-state index >= 15 is 0 Å². The van der Waals surface area contributed by atoms with Gasteiger partial charge in [-0.25, -0.2) is 0 Å². The van der Waals surface area contributed by atoms with Crippen LogP contribution in [0.3, 0.4) is 0 Å². The fraction of sp³-hybridized carbons (Fsp3) is 0.824. The van der Waals surface area contributed by atoms with Gasteiger partial charge >= 0.3 is 0 Å². The molecular weight excluding hydrogens is 220 g/mol. The molecule has 2 rings (SSSR count). The molecule has 2 fully saturated rings. The second kappa shape index (κ2) is 5.91. The first kappa shape index (κ1) is 15.3. The molecule has 2 aliphatic rings. The van der Waals surface area contributed by atoms with Crippen molar-refractivity contribution < 1.29 is 4.79 Å². The first-order valence-electron chi connectivity index (χ1n) is 7.37. The van der Waals surface area contributed by atoms with Crippen molar-refractivity contribution in [1.29, 1.82) is 0 Å². The molecule has 1 heteroatoms. The summed E-state index contributed by atoms with van der Waals surface area (Å²) in [4.78, 5) is 11.6. The van der Waals surface area contributed by atoms with Crippen molar-refractivity contribution in [2.24, 2.45) is 16.7 Å². The maximum atomic E-state index is 11.6. The van der Waals surface area contributed by atoms with E-state index in [0.29, 0.717) is 11.7 Å². The Balaban J connectivity index is 0.000000203. The number of fused-ring (bicyclic) bond motifs is 2. The van der Waals surface area contributed by atoms with E-state index in [0.717, 1.165) is 19.3 Å². The third kappa shape index (κ3) is 2.63. The average Bonchev–Trinajstić information content (AvgIpc) is 2.64. The molecule has 2 saturated carbocycles. The standard InChI is InChI=1S/C10H16O.C7H12/c1-9(2)7-4-5-10(9,3)8(11)6-7;1-3-5-7-6-4-2/h7H,4-6H2,1-3H3;1H,4-7H2,2H3. The fourth-order valence-electron chi connectivity index (χ4n) is 3.38. The molecule has 2 atom stereocenters. The first-order chi connectivity index (χ1) is 8.40. The van der Waals surface area contributed by atoms with E-state index in [-0.39, 0.29) is 10.8 Å². The number of Topliss-reactive ketones (excluding diaryl/α,β-unsaturated/α-hetero) is 1. The Kier molecular flexibility index (Phi) is 5.02. The summed E-state index contributed by atoms with van der Waals surface area (Å²) in [5.74, 6) is 3.80. The number of hydrogen-bond donors (Lipinski definition) is 0. The van der Waals surface area contributed by atoms with Gasteiger partial charge in [0.25, 0.3) is 0 Å². The monoisotopic (exact) mass is 248 g/mol. The van der Waals surface area contributed by atoms with Crippen molar-refractivity contribution in [3.8, 4) is 12.3 Å². The van der Waals surface area contributed by atoms with Crippen LogP contribution in [0.1, 0.15) is 72.6 Å². The van der Waals surface area contributed by atoms with Crippen molar-refractivity contribution in [3.05, 3.63) is 0 Å². The lowest BCUT2D eigenvalue weighted by Crippen LogP contribution is -2.32. The quantitative estimate of drug-likeness (QED) is 0.527. The van der Waals surface area contributed by atoms with Gasteiger partial charge in [0.1, 0.15) is 5.78 Å².